The maximum Gasteiger partial charge on any atom is 0.501 e. The van der Waals surface area contributed by atoms with Gasteiger partial charge >= 0.3 is 5.51 Å². The van der Waals surface area contributed by atoms with Crippen molar-refractivity contribution in [3.63, 3.8) is 0 Å². The van der Waals surface area contributed by atoms with Crippen LogP contribution in [0.4, 0.5) is 24.5 Å². The number of hydrogen-bond donors (Lipinski definition) is 3. The lowest BCUT2D eigenvalue weighted by Gasteiger charge is -2.42. The largest absolute Gasteiger partial charge is 0.501 e. The number of rotatable bonds is 19. The van der Waals surface area contributed by atoms with Gasteiger partial charge in [0.1, 0.15) is 10.9 Å². The summed E-state index contributed by atoms with van der Waals surface area (Å²) in [6.45, 7) is 10.6. The molecule has 2 bridgehead atoms. The molecule has 466 valence electrons. The molecule has 5 aromatic rings. The number of anilines is 2. The Morgan fingerprint density at radius 2 is 1.51 bits per heavy atom. The number of thioether (sulfide) groups is 1. The lowest BCUT2D eigenvalue weighted by atomic mass is 9.73. The van der Waals surface area contributed by atoms with Crippen LogP contribution in [0.15, 0.2) is 134 Å². The molecule has 4 atom stereocenters. The number of alkyl halides is 3. The highest BCUT2D eigenvalue weighted by molar-refractivity contribution is 9.10. The summed E-state index contributed by atoms with van der Waals surface area (Å²) in [6.07, 6.45) is 5.18. The van der Waals surface area contributed by atoms with Gasteiger partial charge in [-0.2, -0.15) is 13.2 Å². The number of nitrogens with one attached hydrogen (secondary N) is 3. The Bertz CT molecular complexity index is 3800. The summed E-state index contributed by atoms with van der Waals surface area (Å²) in [5.74, 6) is -3.17. The van der Waals surface area contributed by atoms with Gasteiger partial charge in [0.15, 0.2) is 0 Å². The highest BCUT2D eigenvalue weighted by atomic mass is 79.9. The zero-order valence-electron chi connectivity index (χ0n) is 48.5. The monoisotopic (exact) mass is 1350 g/mol. The molecule has 0 saturated carbocycles. The number of piperidine rings is 1. The normalized spacial score (nSPS) is 21.6. The number of fused-ring (bicyclic) bond motifs is 3. The number of carbonyl (C=O) groups excluding carboxylic acids is 5. The van der Waals surface area contributed by atoms with E-state index in [0.717, 1.165) is 84.9 Å². The van der Waals surface area contributed by atoms with Crippen LogP contribution in [0.2, 0.25) is 5.02 Å². The first-order valence-corrected chi connectivity index (χ1v) is 34.5. The first-order chi connectivity index (χ1) is 41.8. The molecule has 3 N–H and O–H groups in total. The molecule has 4 fully saturated rings. The minimum absolute atomic E-state index is 0.00202. The van der Waals surface area contributed by atoms with Crippen LogP contribution in [-0.2, 0) is 36.0 Å². The van der Waals surface area contributed by atoms with Crippen molar-refractivity contribution < 1.29 is 54.0 Å². The fourth-order valence-corrected chi connectivity index (χ4v) is 16.9. The van der Waals surface area contributed by atoms with Crippen molar-refractivity contribution in [3.8, 4) is 0 Å². The van der Waals surface area contributed by atoms with Gasteiger partial charge in [-0.25, -0.2) is 21.6 Å². The Morgan fingerprint density at radius 1 is 0.818 bits per heavy atom. The van der Waals surface area contributed by atoms with E-state index in [9.17, 15) is 54.0 Å². The number of allylic oxidation sites excluding steroid dienone is 1. The molecule has 0 radical (unpaired) electrons. The van der Waals surface area contributed by atoms with Crippen molar-refractivity contribution in [2.75, 3.05) is 68.3 Å². The molecule has 17 nitrogen and oxygen atoms in total. The summed E-state index contributed by atoms with van der Waals surface area (Å²) in [6, 6.07) is 27.9. The minimum atomic E-state index is -6.17. The molecule has 0 spiro atoms. The first-order valence-electron chi connectivity index (χ1n) is 29.3. The molecule has 5 heterocycles. The minimum Gasteiger partial charge on any atom is -0.380 e. The fourth-order valence-electron chi connectivity index (χ4n) is 13.1. The van der Waals surface area contributed by atoms with E-state index in [2.05, 4.69) is 72.1 Å². The first kappa shape index (κ1) is 63.4. The van der Waals surface area contributed by atoms with E-state index in [1.165, 1.54) is 40.6 Å². The number of piperazine rings is 2. The number of sulfonamides is 1. The summed E-state index contributed by atoms with van der Waals surface area (Å²) in [4.78, 5) is 74.2. The predicted molar refractivity (Wildman–Crippen MR) is 334 cm³/mol. The lowest BCUT2D eigenvalue weighted by molar-refractivity contribution is -0.136. The molecule has 6 aliphatic rings. The van der Waals surface area contributed by atoms with Crippen molar-refractivity contribution in [2.45, 2.75) is 116 Å². The van der Waals surface area contributed by atoms with E-state index in [-0.39, 0.29) is 52.8 Å². The third-order valence-electron chi connectivity index (χ3n) is 17.7. The van der Waals surface area contributed by atoms with Gasteiger partial charge in [-0.05, 0) is 156 Å². The Balaban J connectivity index is 0.743. The molecule has 0 aromatic heterocycles. The summed E-state index contributed by atoms with van der Waals surface area (Å²) in [5, 5.41) is 5.98. The lowest BCUT2D eigenvalue weighted by Crippen LogP contribution is -2.54. The van der Waals surface area contributed by atoms with Gasteiger partial charge in [0.25, 0.3) is 37.6 Å². The Labute approximate surface area is 527 Å². The molecule has 11 rings (SSSR count). The molecular weight excluding hydrogens is 1280 g/mol. The van der Waals surface area contributed by atoms with Crippen molar-refractivity contribution >= 4 is 106 Å². The summed E-state index contributed by atoms with van der Waals surface area (Å²) < 4.78 is 101. The van der Waals surface area contributed by atoms with Crippen LogP contribution in [0.3, 0.4) is 0 Å². The van der Waals surface area contributed by atoms with Gasteiger partial charge in [-0.1, -0.05) is 67.4 Å². The maximum absolute atomic E-state index is 14.6. The molecule has 5 aromatic carbocycles. The third-order valence-corrected chi connectivity index (χ3v) is 22.9. The van der Waals surface area contributed by atoms with Crippen LogP contribution in [0.25, 0.3) is 5.57 Å². The number of hydrogen-bond acceptors (Lipinski definition) is 15. The average Bonchev–Trinajstić information content (AvgIpc) is 2.41. The van der Waals surface area contributed by atoms with Crippen molar-refractivity contribution in [1.82, 2.24) is 29.6 Å². The number of amides is 5. The van der Waals surface area contributed by atoms with E-state index in [0.29, 0.717) is 61.3 Å². The Hall–Kier alpha value is -6.12. The molecule has 5 aliphatic heterocycles. The summed E-state index contributed by atoms with van der Waals surface area (Å²) in [7, 11) is -11.1. The topological polar surface area (TPSA) is 206 Å². The highest BCUT2D eigenvalue weighted by Crippen LogP contribution is 2.44. The van der Waals surface area contributed by atoms with Gasteiger partial charge in [0.2, 0.25) is 11.8 Å². The molecule has 3 unspecified atom stereocenters. The van der Waals surface area contributed by atoms with E-state index in [1.807, 2.05) is 47.2 Å². The van der Waals surface area contributed by atoms with E-state index in [4.69, 9.17) is 11.6 Å². The van der Waals surface area contributed by atoms with E-state index in [1.54, 1.807) is 24.3 Å². The SMILES string of the molecule is CC1(C)CCC(c2ccc(Cl)cc2)=C(CN2CCN(c3ccc(C(=O)NS(=O)(=O)c4ccc(N[C@H](CCN5C6CCC5CN(Cc5ccc7c(c5Br)C(=O)N(C5CCC(=O)NC5=O)C7=O)C6)CSc5ccccc5)c(S(=O)(=O)C(F)(F)F)c4)cc3)CC2)C1. The second-order valence-electron chi connectivity index (χ2n) is 24.3. The average molecular weight is 1350 g/mol. The third kappa shape index (κ3) is 13.6. The van der Waals surface area contributed by atoms with Crippen LogP contribution in [0.5, 0.6) is 0 Å². The molecule has 5 amide bonds. The second kappa shape index (κ2) is 25.6. The predicted octanol–water partition coefficient (Wildman–Crippen LogP) is 10.0. The van der Waals surface area contributed by atoms with Crippen LogP contribution in [-0.4, -0.2) is 154 Å². The molecule has 4 saturated heterocycles. The smallest absolute Gasteiger partial charge is 0.380 e. The fraction of sp³-hybridized carbons (Fsp3) is 0.413. The zero-order chi connectivity index (χ0) is 62.5. The standard InChI is InChI=1S/C63H67BrClF3N8O9S3/c1-62(2)26-24-50(39-8-13-43(65)14-9-39)42(33-62)35-72-28-30-74(31-29-72)45-15-10-40(11-16-45)58(78)71-88(84,85)49-19-21-52(54(32-49)87(82,83)63(66,67)68)69-44(38-86-48-6-4-3-5-7-48)25-27-75-46-17-18-47(75)37-73(36-46)34-41-12-20-51-56(57(41)64)61(81)76(60(51)80)53-22-23-55(77)70-59(53)79/h3-16,19-21,32,44,46-47,53,69H,17-18,22-31,33-38H2,1-2H3,(H,71,78)(H,70,77,79)/t44-,46?,47?,53?/m1/s1. The summed E-state index contributed by atoms with van der Waals surface area (Å²) in [5.41, 5.74) is -0.208. The van der Waals surface area contributed by atoms with Crippen molar-refractivity contribution in [3.05, 3.63) is 152 Å². The number of benzene rings is 5. The van der Waals surface area contributed by atoms with Crippen molar-refractivity contribution in [2.24, 2.45) is 5.41 Å². The zero-order valence-corrected chi connectivity index (χ0v) is 53.2. The molecule has 25 heteroatoms. The molecule has 88 heavy (non-hydrogen) atoms. The van der Waals surface area contributed by atoms with Crippen LogP contribution in [0, 0.1) is 5.41 Å². The highest BCUT2D eigenvalue weighted by Gasteiger charge is 2.50. The van der Waals surface area contributed by atoms with Gasteiger partial charge in [-0.15, -0.1) is 11.8 Å². The number of carbonyl (C=O) groups is 5. The van der Waals surface area contributed by atoms with Gasteiger partial charge in [0.05, 0.1) is 21.7 Å². The van der Waals surface area contributed by atoms with Crippen LogP contribution in [0.1, 0.15) is 107 Å². The number of sulfone groups is 1. The number of imide groups is 2. The van der Waals surface area contributed by atoms with Crippen molar-refractivity contribution in [1.29, 1.82) is 0 Å². The number of likely N-dealkylation sites (tertiary alicyclic amines) is 1. The van der Waals surface area contributed by atoms with Crippen LogP contribution < -0.4 is 20.3 Å². The molecule has 1 aliphatic carbocycles. The summed E-state index contributed by atoms with van der Waals surface area (Å²) >= 11 is 11.2. The second-order valence-corrected chi connectivity index (χ2v) is 30.2. The Kier molecular flexibility index (Phi) is 18.5. The quantitative estimate of drug-likeness (QED) is 0.0520. The maximum atomic E-state index is 14.6. The van der Waals surface area contributed by atoms with E-state index >= 15 is 0 Å². The van der Waals surface area contributed by atoms with Gasteiger partial charge in [-0.3, -0.25) is 48.9 Å². The van der Waals surface area contributed by atoms with Crippen LogP contribution >= 0.6 is 39.3 Å². The molecular formula is C63H67BrClF3N8O9S3. The van der Waals surface area contributed by atoms with Gasteiger partial charge < -0.3 is 10.2 Å². The van der Waals surface area contributed by atoms with Gasteiger partial charge in [0, 0.05) is 115 Å². The number of nitrogens with zero attached hydrogens (tertiary/aromatic N) is 5. The van der Waals surface area contributed by atoms with E-state index < -0.39 is 82.5 Å². The number of halogens is 5. The Morgan fingerprint density at radius 3 is 2.18 bits per heavy atom.